The van der Waals surface area contributed by atoms with E-state index in [9.17, 15) is 9.90 Å². The van der Waals surface area contributed by atoms with Gasteiger partial charge >= 0.3 is 0 Å². The molecule has 2 atom stereocenters. The van der Waals surface area contributed by atoms with Crippen molar-refractivity contribution >= 4 is 17.5 Å². The van der Waals surface area contributed by atoms with E-state index in [1.807, 2.05) is 18.2 Å². The Morgan fingerprint density at radius 2 is 2.21 bits per heavy atom. The fraction of sp³-hybridized carbons (Fsp3) is 0.444. The molecule has 5 nitrogen and oxygen atoms in total. The number of aromatic nitrogens is 1. The Hall–Kier alpha value is -1.85. The highest BCUT2D eigenvalue weighted by Gasteiger charge is 2.31. The molecule has 1 aromatic carbocycles. The van der Waals surface area contributed by atoms with Gasteiger partial charge in [-0.25, -0.2) is 0 Å². The molecule has 0 aliphatic carbocycles. The predicted molar refractivity (Wildman–Crippen MR) is 92.0 cm³/mol. The van der Waals surface area contributed by atoms with Crippen molar-refractivity contribution in [2.24, 2.45) is 5.92 Å². The number of nitrogens with zero attached hydrogens (tertiary/aromatic N) is 2. The van der Waals surface area contributed by atoms with E-state index in [1.165, 1.54) is 0 Å². The first-order chi connectivity index (χ1) is 11.5. The molecule has 6 heteroatoms. The molecule has 1 N–H and O–H groups in total. The van der Waals surface area contributed by atoms with Gasteiger partial charge in [0.2, 0.25) is 0 Å². The average molecular weight is 349 g/mol. The van der Waals surface area contributed by atoms with Gasteiger partial charge in [0.1, 0.15) is 17.0 Å². The Balaban J connectivity index is 1.94. The molecule has 0 spiro atoms. The molecule has 1 fully saturated rings. The van der Waals surface area contributed by atoms with Gasteiger partial charge in [-0.3, -0.25) is 4.79 Å². The van der Waals surface area contributed by atoms with E-state index < -0.39 is 6.10 Å². The Morgan fingerprint density at radius 3 is 2.92 bits per heavy atom. The minimum absolute atomic E-state index is 0.103. The van der Waals surface area contributed by atoms with Crippen LogP contribution in [-0.2, 0) is 0 Å². The second-order valence-corrected chi connectivity index (χ2v) is 6.74. The first kappa shape index (κ1) is 17.0. The molecule has 1 aliphatic rings. The highest BCUT2D eigenvalue weighted by Crippen LogP contribution is 2.32. The van der Waals surface area contributed by atoms with E-state index >= 15 is 0 Å². The molecule has 0 bridgehead atoms. The minimum Gasteiger partial charge on any atom is -0.393 e. The molecule has 1 saturated heterocycles. The van der Waals surface area contributed by atoms with E-state index in [0.717, 1.165) is 12.8 Å². The van der Waals surface area contributed by atoms with E-state index in [0.29, 0.717) is 40.7 Å². The number of aryl methyl sites for hydroxylation is 1. The number of halogens is 1. The van der Waals surface area contributed by atoms with Crippen molar-refractivity contribution in [1.82, 2.24) is 10.1 Å². The summed E-state index contributed by atoms with van der Waals surface area (Å²) in [5.74, 6) is 0.467. The second kappa shape index (κ2) is 6.95. The van der Waals surface area contributed by atoms with Crippen LogP contribution in [0.15, 0.2) is 28.8 Å². The third-order valence-corrected chi connectivity index (χ3v) is 4.96. The van der Waals surface area contributed by atoms with Crippen molar-refractivity contribution in [3.05, 3.63) is 40.6 Å². The maximum atomic E-state index is 13.1. The summed E-state index contributed by atoms with van der Waals surface area (Å²) in [5.41, 5.74) is 1.61. The fourth-order valence-corrected chi connectivity index (χ4v) is 3.43. The van der Waals surface area contributed by atoms with Gasteiger partial charge < -0.3 is 14.5 Å². The minimum atomic E-state index is -0.424. The molecule has 1 aliphatic heterocycles. The van der Waals surface area contributed by atoms with Crippen LogP contribution in [0, 0.1) is 12.8 Å². The van der Waals surface area contributed by atoms with E-state index in [1.54, 1.807) is 24.8 Å². The number of amides is 1. The molecule has 2 aromatic rings. The van der Waals surface area contributed by atoms with Crippen LogP contribution in [0.3, 0.4) is 0 Å². The number of carbonyl (C=O) groups excluding carboxylic acids is 1. The van der Waals surface area contributed by atoms with Gasteiger partial charge in [0.15, 0.2) is 0 Å². The SMILES string of the molecule is Cc1onc(-c2ccccc2Cl)c1C(=O)N1CCCC(C(C)O)C1. The molecule has 1 aromatic heterocycles. The Bertz CT molecular complexity index is 742. The monoisotopic (exact) mass is 348 g/mol. The number of rotatable bonds is 3. The molecule has 2 heterocycles. The predicted octanol–water partition coefficient (Wildman–Crippen LogP) is 3.54. The number of hydrogen-bond donors (Lipinski definition) is 1. The number of likely N-dealkylation sites (tertiary alicyclic amines) is 1. The average Bonchev–Trinajstić information content (AvgIpc) is 2.96. The van der Waals surface area contributed by atoms with Gasteiger partial charge in [-0.1, -0.05) is 35.0 Å². The first-order valence-corrected chi connectivity index (χ1v) is 8.55. The van der Waals surface area contributed by atoms with Gasteiger partial charge in [0, 0.05) is 24.6 Å². The molecule has 0 saturated carbocycles. The fourth-order valence-electron chi connectivity index (χ4n) is 3.21. The molecule has 0 radical (unpaired) electrons. The van der Waals surface area contributed by atoms with Crippen LogP contribution < -0.4 is 0 Å². The first-order valence-electron chi connectivity index (χ1n) is 8.17. The van der Waals surface area contributed by atoms with Crippen molar-refractivity contribution in [2.75, 3.05) is 13.1 Å². The number of hydrogen-bond acceptors (Lipinski definition) is 4. The quantitative estimate of drug-likeness (QED) is 0.921. The topological polar surface area (TPSA) is 66.6 Å². The Labute approximate surface area is 146 Å². The summed E-state index contributed by atoms with van der Waals surface area (Å²) in [6.07, 6.45) is 1.39. The maximum absolute atomic E-state index is 13.1. The van der Waals surface area contributed by atoms with Gasteiger partial charge in [0.25, 0.3) is 5.91 Å². The zero-order chi connectivity index (χ0) is 17.3. The molecular weight excluding hydrogens is 328 g/mol. The standard InChI is InChI=1S/C18H21ClN2O3/c1-11(22)13-6-5-9-21(10-13)18(23)16-12(2)24-20-17(16)14-7-3-4-8-15(14)19/h3-4,7-8,11,13,22H,5-6,9-10H2,1-2H3. The highest BCUT2D eigenvalue weighted by atomic mass is 35.5. The number of aliphatic hydroxyl groups is 1. The summed E-state index contributed by atoms with van der Waals surface area (Å²) in [7, 11) is 0. The van der Waals surface area contributed by atoms with Crippen molar-refractivity contribution in [3.8, 4) is 11.3 Å². The van der Waals surface area contributed by atoms with Crippen molar-refractivity contribution < 1.29 is 14.4 Å². The van der Waals surface area contributed by atoms with Gasteiger partial charge in [-0.05, 0) is 32.8 Å². The van der Waals surface area contributed by atoms with Crippen molar-refractivity contribution in [2.45, 2.75) is 32.8 Å². The Kier molecular flexibility index (Phi) is 4.92. The van der Waals surface area contributed by atoms with Crippen LogP contribution >= 0.6 is 11.6 Å². The summed E-state index contributed by atoms with van der Waals surface area (Å²) >= 11 is 6.26. The molecular formula is C18H21ClN2O3. The third-order valence-electron chi connectivity index (χ3n) is 4.63. The maximum Gasteiger partial charge on any atom is 0.259 e. The summed E-state index contributed by atoms with van der Waals surface area (Å²) in [6.45, 7) is 4.73. The van der Waals surface area contributed by atoms with Gasteiger partial charge in [-0.2, -0.15) is 0 Å². The van der Waals surface area contributed by atoms with Crippen LogP contribution in [-0.4, -0.2) is 40.3 Å². The zero-order valence-corrected chi connectivity index (χ0v) is 14.6. The normalized spacial score (nSPS) is 19.3. The molecule has 3 rings (SSSR count). The van der Waals surface area contributed by atoms with Crippen molar-refractivity contribution in [1.29, 1.82) is 0 Å². The van der Waals surface area contributed by atoms with Crippen LogP contribution in [0.2, 0.25) is 5.02 Å². The summed E-state index contributed by atoms with van der Waals surface area (Å²) in [5, 5.41) is 14.4. The van der Waals surface area contributed by atoms with E-state index in [4.69, 9.17) is 16.1 Å². The zero-order valence-electron chi connectivity index (χ0n) is 13.8. The van der Waals surface area contributed by atoms with E-state index in [-0.39, 0.29) is 11.8 Å². The third kappa shape index (κ3) is 3.19. The number of aliphatic hydroxyl groups excluding tert-OH is 1. The summed E-state index contributed by atoms with van der Waals surface area (Å²) in [4.78, 5) is 14.8. The molecule has 2 unspecified atom stereocenters. The lowest BCUT2D eigenvalue weighted by Gasteiger charge is -2.34. The summed E-state index contributed by atoms with van der Waals surface area (Å²) in [6, 6.07) is 7.27. The van der Waals surface area contributed by atoms with E-state index in [2.05, 4.69) is 5.16 Å². The smallest absolute Gasteiger partial charge is 0.259 e. The number of piperidine rings is 1. The lowest BCUT2D eigenvalue weighted by Crippen LogP contribution is -2.43. The molecule has 24 heavy (non-hydrogen) atoms. The van der Waals surface area contributed by atoms with Crippen LogP contribution in [0.5, 0.6) is 0 Å². The van der Waals surface area contributed by atoms with Crippen LogP contribution in [0.25, 0.3) is 11.3 Å². The summed E-state index contributed by atoms with van der Waals surface area (Å²) < 4.78 is 5.29. The number of carbonyl (C=O) groups is 1. The Morgan fingerprint density at radius 1 is 1.46 bits per heavy atom. The molecule has 1 amide bonds. The molecule has 128 valence electrons. The lowest BCUT2D eigenvalue weighted by molar-refractivity contribution is 0.0465. The highest BCUT2D eigenvalue weighted by molar-refractivity contribution is 6.33. The number of benzene rings is 1. The largest absolute Gasteiger partial charge is 0.393 e. The lowest BCUT2D eigenvalue weighted by atomic mass is 9.92. The van der Waals surface area contributed by atoms with Crippen LogP contribution in [0.1, 0.15) is 35.9 Å². The van der Waals surface area contributed by atoms with Crippen molar-refractivity contribution in [3.63, 3.8) is 0 Å². The van der Waals surface area contributed by atoms with Crippen LogP contribution in [0.4, 0.5) is 0 Å². The van der Waals surface area contributed by atoms with Gasteiger partial charge in [0.05, 0.1) is 11.1 Å². The second-order valence-electron chi connectivity index (χ2n) is 6.34. The van der Waals surface area contributed by atoms with Gasteiger partial charge in [-0.15, -0.1) is 0 Å².